The van der Waals surface area contributed by atoms with E-state index in [1.807, 2.05) is 0 Å². The van der Waals surface area contributed by atoms with Crippen molar-refractivity contribution < 1.29 is 28.2 Å². The molecule has 186 valence electrons. The molecule has 0 bridgehead atoms. The molecule has 10 nitrogen and oxygen atoms in total. The summed E-state index contributed by atoms with van der Waals surface area (Å²) in [6.07, 6.45) is 1.59. The molecule has 2 heterocycles. The number of carbonyl (C=O) groups is 1. The number of aryl methyl sites for hydroxylation is 1. The number of phenols is 1. The van der Waals surface area contributed by atoms with Gasteiger partial charge >= 0.3 is 6.03 Å². The molecule has 2 aromatic carbocycles. The third-order valence-electron chi connectivity index (χ3n) is 5.69. The van der Waals surface area contributed by atoms with Crippen molar-refractivity contribution in [3.8, 4) is 21.9 Å². The summed E-state index contributed by atoms with van der Waals surface area (Å²) >= 11 is 1.23. The van der Waals surface area contributed by atoms with Crippen LogP contribution in [0.2, 0.25) is 0 Å². The number of ether oxygens (including phenoxy) is 1. The number of methoxy groups -OCH3 is 1. The Labute approximate surface area is 207 Å². The second-order valence-electron chi connectivity index (χ2n) is 8.05. The van der Waals surface area contributed by atoms with E-state index < -0.39 is 10.0 Å². The highest BCUT2D eigenvalue weighted by Gasteiger charge is 2.29. The average molecular weight is 519 g/mol. The van der Waals surface area contributed by atoms with Crippen LogP contribution < -0.4 is 14.8 Å². The Morgan fingerprint density at radius 1 is 1.26 bits per heavy atom. The number of rotatable bonds is 7. The monoisotopic (exact) mass is 518 g/mol. The standard InChI is InChI=1S/C23H26N4O6S2/c1-14-21(34-22(24-14)25-23(30)27-11-3-4-17(27)13-28)15-5-10-19(33-2)20(12-15)35(31,32)26-16-6-8-18(29)9-7-16/h5-10,12,17,26,28-29H,3-4,11,13H2,1-2H3,(H,24,25,30). The molecule has 3 aromatic rings. The fraction of sp³-hybridized carbons (Fsp3) is 0.304. The van der Waals surface area contributed by atoms with Gasteiger partial charge in [-0.3, -0.25) is 10.0 Å². The number of aromatic nitrogens is 1. The molecule has 1 aliphatic rings. The average Bonchev–Trinajstić information content (AvgIpc) is 3.46. The summed E-state index contributed by atoms with van der Waals surface area (Å²) in [7, 11) is -2.63. The van der Waals surface area contributed by atoms with Crippen LogP contribution in [0, 0.1) is 6.92 Å². The summed E-state index contributed by atoms with van der Waals surface area (Å²) in [5, 5.41) is 22.1. The lowest BCUT2D eigenvalue weighted by Crippen LogP contribution is -2.40. The second-order valence-corrected chi connectivity index (χ2v) is 10.7. The molecule has 1 aliphatic heterocycles. The lowest BCUT2D eigenvalue weighted by Gasteiger charge is -2.22. The summed E-state index contributed by atoms with van der Waals surface area (Å²) in [6.45, 7) is 2.26. The zero-order chi connectivity index (χ0) is 25.2. The van der Waals surface area contributed by atoms with Gasteiger partial charge in [0.2, 0.25) is 0 Å². The van der Waals surface area contributed by atoms with Crippen molar-refractivity contribution >= 4 is 38.2 Å². The van der Waals surface area contributed by atoms with Crippen LogP contribution in [0.4, 0.5) is 15.6 Å². The Hall–Kier alpha value is -3.35. The van der Waals surface area contributed by atoms with Gasteiger partial charge in [0, 0.05) is 12.2 Å². The van der Waals surface area contributed by atoms with Crippen LogP contribution >= 0.6 is 11.3 Å². The zero-order valence-electron chi connectivity index (χ0n) is 19.2. The fourth-order valence-electron chi connectivity index (χ4n) is 3.94. The predicted molar refractivity (Wildman–Crippen MR) is 134 cm³/mol. The maximum absolute atomic E-state index is 13.1. The number of aliphatic hydroxyl groups is 1. The number of aromatic hydroxyl groups is 1. The number of hydrogen-bond donors (Lipinski definition) is 4. The second kappa shape index (κ2) is 10.1. The van der Waals surface area contributed by atoms with Gasteiger partial charge in [-0.05, 0) is 67.8 Å². The van der Waals surface area contributed by atoms with E-state index in [1.165, 1.54) is 48.8 Å². The highest BCUT2D eigenvalue weighted by molar-refractivity contribution is 7.92. The fourth-order valence-corrected chi connectivity index (χ4v) is 6.15. The number of thiazole rings is 1. The van der Waals surface area contributed by atoms with Crippen LogP contribution in [0.15, 0.2) is 47.4 Å². The smallest absolute Gasteiger partial charge is 0.323 e. The Morgan fingerprint density at radius 2 is 2.00 bits per heavy atom. The molecule has 1 fully saturated rings. The van der Waals surface area contributed by atoms with Crippen molar-refractivity contribution in [2.24, 2.45) is 0 Å². The van der Waals surface area contributed by atoms with Crippen molar-refractivity contribution in [1.29, 1.82) is 0 Å². The van der Waals surface area contributed by atoms with E-state index in [0.29, 0.717) is 27.8 Å². The molecule has 4 rings (SSSR count). The van der Waals surface area contributed by atoms with Crippen molar-refractivity contribution in [3.05, 3.63) is 48.2 Å². The van der Waals surface area contributed by atoms with Gasteiger partial charge in [-0.2, -0.15) is 0 Å². The van der Waals surface area contributed by atoms with Crippen molar-refractivity contribution in [2.75, 3.05) is 30.3 Å². The third kappa shape index (κ3) is 5.34. The largest absolute Gasteiger partial charge is 0.508 e. The molecule has 4 N–H and O–H groups in total. The topological polar surface area (TPSA) is 141 Å². The number of nitrogens with one attached hydrogen (secondary N) is 2. The summed E-state index contributed by atoms with van der Waals surface area (Å²) < 4.78 is 34.1. The number of benzene rings is 2. The number of nitrogens with zero attached hydrogens (tertiary/aromatic N) is 2. The number of phenolic OH excluding ortho intramolecular Hbond substituents is 1. The summed E-state index contributed by atoms with van der Waals surface area (Å²) in [4.78, 5) is 19.3. The van der Waals surface area contributed by atoms with E-state index in [9.17, 15) is 23.4 Å². The quantitative estimate of drug-likeness (QED) is 0.350. The molecule has 0 radical (unpaired) electrons. The lowest BCUT2D eigenvalue weighted by atomic mass is 10.1. The number of sulfonamides is 1. The van der Waals surface area contributed by atoms with Crippen molar-refractivity contribution in [3.63, 3.8) is 0 Å². The first-order valence-corrected chi connectivity index (χ1v) is 13.2. The van der Waals surface area contributed by atoms with E-state index in [2.05, 4.69) is 15.0 Å². The van der Waals surface area contributed by atoms with Gasteiger partial charge in [-0.25, -0.2) is 18.2 Å². The van der Waals surface area contributed by atoms with Crippen LogP contribution in [0.5, 0.6) is 11.5 Å². The maximum atomic E-state index is 13.1. The number of amides is 2. The molecular weight excluding hydrogens is 492 g/mol. The SMILES string of the molecule is COc1ccc(-c2sc(NC(=O)N3CCCC3CO)nc2C)cc1S(=O)(=O)Nc1ccc(O)cc1. The minimum absolute atomic E-state index is 0.0210. The number of anilines is 2. The summed E-state index contributed by atoms with van der Waals surface area (Å²) in [5.41, 5.74) is 1.52. The molecule has 1 unspecified atom stereocenters. The van der Waals surface area contributed by atoms with Crippen LogP contribution in [-0.2, 0) is 10.0 Å². The number of aliphatic hydroxyl groups excluding tert-OH is 1. The van der Waals surface area contributed by atoms with E-state index in [0.717, 1.165) is 12.8 Å². The van der Waals surface area contributed by atoms with E-state index >= 15 is 0 Å². The molecule has 1 atom stereocenters. The van der Waals surface area contributed by atoms with Gasteiger partial charge in [-0.15, -0.1) is 0 Å². The summed E-state index contributed by atoms with van der Waals surface area (Å²) in [6, 6.07) is 9.93. The van der Waals surface area contributed by atoms with Crippen LogP contribution in [0.1, 0.15) is 18.5 Å². The van der Waals surface area contributed by atoms with Crippen molar-refractivity contribution in [2.45, 2.75) is 30.7 Å². The molecule has 0 aliphatic carbocycles. The van der Waals surface area contributed by atoms with Gasteiger partial charge in [0.15, 0.2) is 5.13 Å². The minimum atomic E-state index is -4.02. The maximum Gasteiger partial charge on any atom is 0.323 e. The van der Waals surface area contributed by atoms with Gasteiger partial charge in [0.05, 0.1) is 30.3 Å². The molecular formula is C23H26N4O6S2. The number of carbonyl (C=O) groups excluding carboxylic acids is 1. The number of hydrogen-bond acceptors (Lipinski definition) is 8. The van der Waals surface area contributed by atoms with E-state index in [-0.39, 0.29) is 40.8 Å². The molecule has 1 aromatic heterocycles. The van der Waals surface area contributed by atoms with Gasteiger partial charge < -0.3 is 19.8 Å². The molecule has 0 spiro atoms. The number of urea groups is 1. The first kappa shape index (κ1) is 24.8. The first-order valence-electron chi connectivity index (χ1n) is 10.9. The normalized spacial score (nSPS) is 15.7. The molecule has 12 heteroatoms. The Bertz CT molecular complexity index is 1320. The first-order chi connectivity index (χ1) is 16.7. The summed E-state index contributed by atoms with van der Waals surface area (Å²) in [5.74, 6) is 0.188. The van der Waals surface area contributed by atoms with Crippen LogP contribution in [0.3, 0.4) is 0 Å². The highest BCUT2D eigenvalue weighted by atomic mass is 32.2. The minimum Gasteiger partial charge on any atom is -0.508 e. The third-order valence-corrected chi connectivity index (χ3v) is 8.22. The Morgan fingerprint density at radius 3 is 2.69 bits per heavy atom. The Balaban J connectivity index is 1.61. The number of likely N-dealkylation sites (tertiary alicyclic amines) is 1. The van der Waals surface area contributed by atoms with Gasteiger partial charge in [0.25, 0.3) is 10.0 Å². The highest BCUT2D eigenvalue weighted by Crippen LogP contribution is 2.37. The van der Waals surface area contributed by atoms with Crippen LogP contribution in [-0.4, -0.2) is 60.8 Å². The van der Waals surface area contributed by atoms with E-state index in [1.54, 1.807) is 24.0 Å². The van der Waals surface area contributed by atoms with Gasteiger partial charge in [0.1, 0.15) is 16.4 Å². The van der Waals surface area contributed by atoms with Crippen molar-refractivity contribution in [1.82, 2.24) is 9.88 Å². The molecule has 35 heavy (non-hydrogen) atoms. The Kier molecular flexibility index (Phi) is 7.15. The zero-order valence-corrected chi connectivity index (χ0v) is 20.8. The predicted octanol–water partition coefficient (Wildman–Crippen LogP) is 3.62. The molecule has 0 saturated carbocycles. The molecule has 1 saturated heterocycles. The lowest BCUT2D eigenvalue weighted by molar-refractivity contribution is 0.166. The van der Waals surface area contributed by atoms with Crippen LogP contribution in [0.25, 0.3) is 10.4 Å². The molecule has 2 amide bonds. The van der Waals surface area contributed by atoms with E-state index in [4.69, 9.17) is 4.74 Å². The van der Waals surface area contributed by atoms with Gasteiger partial charge in [-0.1, -0.05) is 11.3 Å².